The summed E-state index contributed by atoms with van der Waals surface area (Å²) in [7, 11) is 0. The highest BCUT2D eigenvalue weighted by molar-refractivity contribution is 6.33. The van der Waals surface area contributed by atoms with E-state index in [9.17, 15) is 0 Å². The molecule has 0 amide bonds. The highest BCUT2D eigenvalue weighted by Crippen LogP contribution is 2.21. The van der Waals surface area contributed by atoms with E-state index in [1.165, 1.54) is 0 Å². The molecule has 0 aromatic heterocycles. The predicted molar refractivity (Wildman–Crippen MR) is 64.5 cm³/mol. The van der Waals surface area contributed by atoms with E-state index < -0.39 is 0 Å². The van der Waals surface area contributed by atoms with Gasteiger partial charge in [0.1, 0.15) is 0 Å². The van der Waals surface area contributed by atoms with Crippen LogP contribution in [0.2, 0.25) is 5.02 Å². The minimum Gasteiger partial charge on any atom is -0.398 e. The highest BCUT2D eigenvalue weighted by atomic mass is 35.5. The van der Waals surface area contributed by atoms with Gasteiger partial charge >= 0.3 is 0 Å². The molecule has 0 radical (unpaired) electrons. The van der Waals surface area contributed by atoms with Crippen LogP contribution in [0.5, 0.6) is 0 Å². The van der Waals surface area contributed by atoms with Crippen molar-refractivity contribution in [3.63, 3.8) is 0 Å². The average Bonchev–Trinajstić information content (AvgIpc) is 2.32. The molecule has 0 saturated carbocycles. The molecule has 2 rings (SSSR count). The smallest absolute Gasteiger partial charge is 0.0721 e. The van der Waals surface area contributed by atoms with Gasteiger partial charge in [0.05, 0.1) is 23.4 Å². The maximum absolute atomic E-state index is 5.85. The van der Waals surface area contributed by atoms with Gasteiger partial charge in [-0.15, -0.1) is 0 Å². The number of ether oxygens (including phenoxy) is 2. The van der Waals surface area contributed by atoms with E-state index in [-0.39, 0.29) is 0 Å². The van der Waals surface area contributed by atoms with Crippen molar-refractivity contribution in [1.29, 1.82) is 0 Å². The predicted octanol–water partition coefficient (Wildman–Crippen LogP) is 2.62. The largest absolute Gasteiger partial charge is 0.398 e. The topological polar surface area (TPSA) is 44.5 Å². The quantitative estimate of drug-likeness (QED) is 0.828. The van der Waals surface area contributed by atoms with Crippen LogP contribution in [0.1, 0.15) is 18.4 Å². The number of anilines is 1. The van der Waals surface area contributed by atoms with Crippen molar-refractivity contribution >= 4 is 17.3 Å². The van der Waals surface area contributed by atoms with E-state index >= 15 is 0 Å². The van der Waals surface area contributed by atoms with Crippen molar-refractivity contribution in [2.45, 2.75) is 25.6 Å². The fourth-order valence-corrected chi connectivity index (χ4v) is 1.86. The van der Waals surface area contributed by atoms with Crippen molar-refractivity contribution in [3.05, 3.63) is 28.8 Å². The first-order valence-corrected chi connectivity index (χ1v) is 5.87. The Balaban J connectivity index is 1.86. The van der Waals surface area contributed by atoms with Gasteiger partial charge in [0.25, 0.3) is 0 Å². The molecule has 0 spiro atoms. The van der Waals surface area contributed by atoms with Gasteiger partial charge in [-0.2, -0.15) is 0 Å². The van der Waals surface area contributed by atoms with E-state index in [1.807, 2.05) is 12.1 Å². The molecule has 3 nitrogen and oxygen atoms in total. The van der Waals surface area contributed by atoms with Gasteiger partial charge in [0, 0.05) is 13.2 Å². The van der Waals surface area contributed by atoms with Gasteiger partial charge < -0.3 is 15.2 Å². The van der Waals surface area contributed by atoms with Crippen LogP contribution in [0, 0.1) is 0 Å². The second-order valence-electron chi connectivity index (χ2n) is 3.98. The molecule has 2 N–H and O–H groups in total. The summed E-state index contributed by atoms with van der Waals surface area (Å²) in [4.78, 5) is 0. The Morgan fingerprint density at radius 3 is 2.81 bits per heavy atom. The average molecular weight is 242 g/mol. The Morgan fingerprint density at radius 1 is 1.38 bits per heavy atom. The first-order valence-electron chi connectivity index (χ1n) is 5.49. The second kappa shape index (κ2) is 5.53. The fourth-order valence-electron chi connectivity index (χ4n) is 1.74. The van der Waals surface area contributed by atoms with E-state index in [1.54, 1.807) is 6.07 Å². The van der Waals surface area contributed by atoms with Crippen LogP contribution in [0.25, 0.3) is 0 Å². The number of benzene rings is 1. The Labute approximate surface area is 100 Å². The molecule has 88 valence electrons. The summed E-state index contributed by atoms with van der Waals surface area (Å²) >= 11 is 5.85. The summed E-state index contributed by atoms with van der Waals surface area (Å²) in [6.45, 7) is 2.19. The third-order valence-electron chi connectivity index (χ3n) is 2.71. The zero-order valence-electron chi connectivity index (χ0n) is 9.12. The van der Waals surface area contributed by atoms with Crippen LogP contribution >= 0.6 is 11.6 Å². The van der Waals surface area contributed by atoms with Crippen LogP contribution in [0.4, 0.5) is 5.69 Å². The SMILES string of the molecule is Nc1cc(COC2CCOCC2)ccc1Cl. The first-order chi connectivity index (χ1) is 7.75. The third-order valence-corrected chi connectivity index (χ3v) is 3.06. The van der Waals surface area contributed by atoms with Crippen LogP contribution in [-0.2, 0) is 16.1 Å². The van der Waals surface area contributed by atoms with Gasteiger partial charge in [0.15, 0.2) is 0 Å². The minimum atomic E-state index is 0.311. The summed E-state index contributed by atoms with van der Waals surface area (Å²) in [5, 5.41) is 0.592. The lowest BCUT2D eigenvalue weighted by Gasteiger charge is -2.22. The second-order valence-corrected chi connectivity index (χ2v) is 4.39. The monoisotopic (exact) mass is 241 g/mol. The molecule has 1 heterocycles. The molecule has 0 atom stereocenters. The third kappa shape index (κ3) is 3.11. The molecule has 16 heavy (non-hydrogen) atoms. The maximum Gasteiger partial charge on any atom is 0.0721 e. The van der Waals surface area contributed by atoms with Crippen molar-refractivity contribution < 1.29 is 9.47 Å². The molecular formula is C12H16ClNO2. The van der Waals surface area contributed by atoms with Crippen molar-refractivity contribution in [3.8, 4) is 0 Å². The lowest BCUT2D eigenvalue weighted by Crippen LogP contribution is -2.23. The molecule has 4 heteroatoms. The van der Waals surface area contributed by atoms with Crippen LogP contribution in [0.15, 0.2) is 18.2 Å². The lowest BCUT2D eigenvalue weighted by atomic mass is 10.1. The molecule has 1 aliphatic heterocycles. The van der Waals surface area contributed by atoms with E-state index in [4.69, 9.17) is 26.8 Å². The Kier molecular flexibility index (Phi) is 4.04. The van der Waals surface area contributed by atoms with Gasteiger partial charge in [0.2, 0.25) is 0 Å². The van der Waals surface area contributed by atoms with E-state index in [0.29, 0.717) is 23.4 Å². The molecule has 0 aliphatic carbocycles. The number of nitrogens with two attached hydrogens (primary N) is 1. The summed E-state index contributed by atoms with van der Waals surface area (Å²) < 4.78 is 11.1. The molecule has 1 aliphatic rings. The summed E-state index contributed by atoms with van der Waals surface area (Å²) in [6.07, 6.45) is 2.26. The molecule has 1 saturated heterocycles. The maximum atomic E-state index is 5.85. The first kappa shape index (κ1) is 11.7. The zero-order chi connectivity index (χ0) is 11.4. The van der Waals surface area contributed by atoms with E-state index in [2.05, 4.69) is 0 Å². The summed E-state index contributed by atoms with van der Waals surface area (Å²) in [5.41, 5.74) is 7.39. The van der Waals surface area contributed by atoms with Crippen molar-refractivity contribution in [2.75, 3.05) is 18.9 Å². The molecule has 1 aromatic rings. The van der Waals surface area contributed by atoms with Crippen LogP contribution in [-0.4, -0.2) is 19.3 Å². The Morgan fingerprint density at radius 2 is 2.12 bits per heavy atom. The molecular weight excluding hydrogens is 226 g/mol. The van der Waals surface area contributed by atoms with Gasteiger partial charge in [-0.25, -0.2) is 0 Å². The number of rotatable bonds is 3. The van der Waals surface area contributed by atoms with Gasteiger partial charge in [-0.3, -0.25) is 0 Å². The van der Waals surface area contributed by atoms with Crippen LogP contribution < -0.4 is 5.73 Å². The van der Waals surface area contributed by atoms with E-state index in [0.717, 1.165) is 31.6 Å². The normalized spacial score (nSPS) is 17.6. The van der Waals surface area contributed by atoms with Gasteiger partial charge in [-0.1, -0.05) is 17.7 Å². The van der Waals surface area contributed by atoms with Crippen molar-refractivity contribution in [2.24, 2.45) is 0 Å². The Hall–Kier alpha value is -0.770. The molecule has 1 fully saturated rings. The summed E-state index contributed by atoms with van der Waals surface area (Å²) in [6, 6.07) is 5.61. The van der Waals surface area contributed by atoms with Crippen LogP contribution in [0.3, 0.4) is 0 Å². The molecule has 0 unspecified atom stereocenters. The molecule has 0 bridgehead atoms. The van der Waals surface area contributed by atoms with Gasteiger partial charge in [-0.05, 0) is 30.5 Å². The summed E-state index contributed by atoms with van der Waals surface area (Å²) in [5.74, 6) is 0. The lowest BCUT2D eigenvalue weighted by molar-refractivity contribution is -0.0390. The minimum absolute atomic E-state index is 0.311. The van der Waals surface area contributed by atoms with Crippen molar-refractivity contribution in [1.82, 2.24) is 0 Å². The number of hydrogen-bond donors (Lipinski definition) is 1. The highest BCUT2D eigenvalue weighted by Gasteiger charge is 2.14. The number of hydrogen-bond acceptors (Lipinski definition) is 3. The molecule has 1 aromatic carbocycles. The number of nitrogen functional groups attached to an aromatic ring is 1. The number of halogens is 1. The fraction of sp³-hybridized carbons (Fsp3) is 0.500. The standard InChI is InChI=1S/C12H16ClNO2/c13-11-2-1-9(7-12(11)14)8-16-10-3-5-15-6-4-10/h1-2,7,10H,3-6,8,14H2. The zero-order valence-corrected chi connectivity index (χ0v) is 9.87. The Bertz CT molecular complexity index is 351.